The largest absolute Gasteiger partial charge is 0.388 e. The Hall–Kier alpha value is -0.820. The van der Waals surface area contributed by atoms with Crippen molar-refractivity contribution in [2.24, 2.45) is 5.92 Å². The lowest BCUT2D eigenvalue weighted by Crippen LogP contribution is -2.13. The van der Waals surface area contributed by atoms with Crippen LogP contribution in [0.5, 0.6) is 0 Å². The predicted molar refractivity (Wildman–Crippen MR) is 74.2 cm³/mol. The van der Waals surface area contributed by atoms with Crippen molar-refractivity contribution in [3.05, 3.63) is 34.9 Å². The number of aryl methyl sites for hydroxylation is 2. The van der Waals surface area contributed by atoms with Gasteiger partial charge in [-0.25, -0.2) is 0 Å². The molecule has 17 heavy (non-hydrogen) atoms. The summed E-state index contributed by atoms with van der Waals surface area (Å²) in [4.78, 5) is 0. The maximum absolute atomic E-state index is 10.5. The molecule has 0 radical (unpaired) electrons. The van der Waals surface area contributed by atoms with Crippen LogP contribution >= 0.6 is 0 Å². The second-order valence-electron chi connectivity index (χ2n) is 5.20. The van der Waals surface area contributed by atoms with E-state index < -0.39 is 0 Å². The molecule has 0 saturated carbocycles. The molecule has 1 aromatic carbocycles. The molecule has 1 atom stereocenters. The molecule has 0 fully saturated rings. The maximum Gasteiger partial charge on any atom is 0.0818 e. The van der Waals surface area contributed by atoms with E-state index in [1.807, 2.05) is 0 Å². The fourth-order valence-corrected chi connectivity index (χ4v) is 2.65. The molecule has 1 unspecified atom stereocenters. The van der Waals surface area contributed by atoms with Gasteiger partial charge >= 0.3 is 0 Å². The number of aliphatic hydroxyl groups excluding tert-OH is 1. The zero-order chi connectivity index (χ0) is 12.8. The summed E-state index contributed by atoms with van der Waals surface area (Å²) in [7, 11) is 0. The van der Waals surface area contributed by atoms with Gasteiger partial charge in [0.25, 0.3) is 0 Å². The lowest BCUT2D eigenvalue weighted by molar-refractivity contribution is 0.0963. The summed E-state index contributed by atoms with van der Waals surface area (Å²) in [6, 6.07) is 6.40. The van der Waals surface area contributed by atoms with Crippen LogP contribution < -0.4 is 0 Å². The quantitative estimate of drug-likeness (QED) is 0.765. The first-order valence-corrected chi connectivity index (χ1v) is 6.84. The van der Waals surface area contributed by atoms with Gasteiger partial charge in [0, 0.05) is 0 Å². The number of benzene rings is 1. The molecular formula is C16H26O. The number of rotatable bonds is 6. The Morgan fingerprint density at radius 1 is 0.941 bits per heavy atom. The van der Waals surface area contributed by atoms with Gasteiger partial charge in [-0.05, 0) is 38.2 Å². The standard InChI is InChI=1S/C16H26O/c1-5-7-14(8-6-2)16(17)15-10-12(3)9-13(4)11-15/h9-11,14,16-17H,5-8H2,1-4H3. The highest BCUT2D eigenvalue weighted by Gasteiger charge is 2.19. The molecule has 0 saturated heterocycles. The minimum atomic E-state index is -0.298. The monoisotopic (exact) mass is 234 g/mol. The molecule has 0 spiro atoms. The van der Waals surface area contributed by atoms with Crippen molar-refractivity contribution in [3.63, 3.8) is 0 Å². The third-order valence-corrected chi connectivity index (χ3v) is 3.35. The summed E-state index contributed by atoms with van der Waals surface area (Å²) in [5.74, 6) is 0.409. The van der Waals surface area contributed by atoms with E-state index in [2.05, 4.69) is 45.9 Å². The van der Waals surface area contributed by atoms with Gasteiger partial charge < -0.3 is 5.11 Å². The van der Waals surface area contributed by atoms with Crippen LogP contribution in [-0.4, -0.2) is 5.11 Å². The van der Waals surface area contributed by atoms with Crippen molar-refractivity contribution >= 4 is 0 Å². The Bertz CT molecular complexity index is 317. The van der Waals surface area contributed by atoms with Crippen LogP contribution in [-0.2, 0) is 0 Å². The summed E-state index contributed by atoms with van der Waals surface area (Å²) < 4.78 is 0. The van der Waals surface area contributed by atoms with E-state index in [4.69, 9.17) is 0 Å². The molecule has 1 N–H and O–H groups in total. The van der Waals surface area contributed by atoms with Crippen LogP contribution in [0.1, 0.15) is 62.3 Å². The summed E-state index contributed by atoms with van der Waals surface area (Å²) >= 11 is 0. The Kier molecular flexibility index (Phi) is 5.70. The van der Waals surface area contributed by atoms with Crippen molar-refractivity contribution < 1.29 is 5.11 Å². The van der Waals surface area contributed by atoms with Crippen molar-refractivity contribution in [1.29, 1.82) is 0 Å². The van der Waals surface area contributed by atoms with E-state index in [-0.39, 0.29) is 6.10 Å². The summed E-state index contributed by atoms with van der Waals surface area (Å²) in [6.45, 7) is 8.57. The highest BCUT2D eigenvalue weighted by Crippen LogP contribution is 2.30. The lowest BCUT2D eigenvalue weighted by atomic mass is 9.87. The number of aliphatic hydroxyl groups is 1. The fraction of sp³-hybridized carbons (Fsp3) is 0.625. The van der Waals surface area contributed by atoms with Crippen LogP contribution in [0.25, 0.3) is 0 Å². The van der Waals surface area contributed by atoms with E-state index in [9.17, 15) is 5.11 Å². The molecule has 0 aliphatic heterocycles. The molecule has 0 heterocycles. The van der Waals surface area contributed by atoms with Crippen molar-refractivity contribution in [1.82, 2.24) is 0 Å². The molecule has 1 nitrogen and oxygen atoms in total. The molecule has 1 heteroatoms. The van der Waals surface area contributed by atoms with Crippen molar-refractivity contribution in [2.45, 2.75) is 59.5 Å². The first kappa shape index (κ1) is 14.2. The van der Waals surface area contributed by atoms with Crippen LogP contribution in [0.3, 0.4) is 0 Å². The predicted octanol–water partition coefficient (Wildman–Crippen LogP) is 4.55. The second kappa shape index (κ2) is 6.80. The van der Waals surface area contributed by atoms with Crippen molar-refractivity contribution in [2.75, 3.05) is 0 Å². The van der Waals surface area contributed by atoms with Crippen LogP contribution in [0.4, 0.5) is 0 Å². The first-order chi connectivity index (χ1) is 8.08. The second-order valence-corrected chi connectivity index (χ2v) is 5.20. The third-order valence-electron chi connectivity index (χ3n) is 3.35. The zero-order valence-electron chi connectivity index (χ0n) is 11.7. The fourth-order valence-electron chi connectivity index (χ4n) is 2.65. The van der Waals surface area contributed by atoms with E-state index >= 15 is 0 Å². The Morgan fingerprint density at radius 2 is 1.41 bits per heavy atom. The highest BCUT2D eigenvalue weighted by molar-refractivity contribution is 5.30. The first-order valence-electron chi connectivity index (χ1n) is 6.84. The zero-order valence-corrected chi connectivity index (χ0v) is 11.7. The molecule has 0 aliphatic carbocycles. The minimum absolute atomic E-state index is 0.298. The Morgan fingerprint density at radius 3 is 1.82 bits per heavy atom. The molecule has 1 aromatic rings. The lowest BCUT2D eigenvalue weighted by Gasteiger charge is -2.23. The molecule has 0 amide bonds. The maximum atomic E-state index is 10.5. The molecule has 0 aliphatic rings. The third kappa shape index (κ3) is 4.16. The Labute approximate surface area is 106 Å². The number of hydrogen-bond acceptors (Lipinski definition) is 1. The smallest absolute Gasteiger partial charge is 0.0818 e. The van der Waals surface area contributed by atoms with Gasteiger partial charge in [-0.1, -0.05) is 56.0 Å². The normalized spacial score (nSPS) is 13.1. The molecule has 0 aromatic heterocycles. The van der Waals surface area contributed by atoms with Gasteiger partial charge in [0.2, 0.25) is 0 Å². The van der Waals surface area contributed by atoms with Gasteiger partial charge in [-0.2, -0.15) is 0 Å². The van der Waals surface area contributed by atoms with Gasteiger partial charge in [-0.3, -0.25) is 0 Å². The topological polar surface area (TPSA) is 20.2 Å². The van der Waals surface area contributed by atoms with E-state index in [0.29, 0.717) is 5.92 Å². The summed E-state index contributed by atoms with van der Waals surface area (Å²) in [5.41, 5.74) is 3.57. The average molecular weight is 234 g/mol. The van der Waals surface area contributed by atoms with Crippen LogP contribution in [0.15, 0.2) is 18.2 Å². The van der Waals surface area contributed by atoms with Gasteiger partial charge in [0.1, 0.15) is 0 Å². The van der Waals surface area contributed by atoms with E-state index in [1.165, 1.54) is 11.1 Å². The average Bonchev–Trinajstić information content (AvgIpc) is 2.26. The van der Waals surface area contributed by atoms with E-state index in [0.717, 1.165) is 31.2 Å². The minimum Gasteiger partial charge on any atom is -0.388 e. The van der Waals surface area contributed by atoms with Crippen LogP contribution in [0, 0.1) is 19.8 Å². The molecule has 0 bridgehead atoms. The SMILES string of the molecule is CCCC(CCC)C(O)c1cc(C)cc(C)c1. The van der Waals surface area contributed by atoms with Crippen LogP contribution in [0.2, 0.25) is 0 Å². The molecule has 96 valence electrons. The van der Waals surface area contributed by atoms with Gasteiger partial charge in [0.15, 0.2) is 0 Å². The van der Waals surface area contributed by atoms with Crippen molar-refractivity contribution in [3.8, 4) is 0 Å². The summed E-state index contributed by atoms with van der Waals surface area (Å²) in [5, 5.41) is 10.5. The number of hydrogen-bond donors (Lipinski definition) is 1. The van der Waals surface area contributed by atoms with E-state index in [1.54, 1.807) is 0 Å². The molecular weight excluding hydrogens is 208 g/mol. The molecule has 1 rings (SSSR count). The van der Waals surface area contributed by atoms with Gasteiger partial charge in [0.05, 0.1) is 6.10 Å². The van der Waals surface area contributed by atoms with Gasteiger partial charge in [-0.15, -0.1) is 0 Å². The highest BCUT2D eigenvalue weighted by atomic mass is 16.3. The summed E-state index contributed by atoms with van der Waals surface area (Å²) in [6.07, 6.45) is 4.22. The Balaban J connectivity index is 2.87.